The Bertz CT molecular complexity index is 595. The first-order valence-corrected chi connectivity index (χ1v) is 8.58. The molecule has 0 spiro atoms. The molecule has 22 heavy (non-hydrogen) atoms. The van der Waals surface area contributed by atoms with E-state index in [1.54, 1.807) is 11.3 Å². The molecule has 4 rings (SSSR count). The van der Waals surface area contributed by atoms with Gasteiger partial charge in [-0.2, -0.15) is 0 Å². The number of aromatic nitrogens is 2. The molecule has 0 N–H and O–H groups in total. The Morgan fingerprint density at radius 1 is 1.27 bits per heavy atom. The van der Waals surface area contributed by atoms with E-state index in [1.165, 1.54) is 0 Å². The predicted molar refractivity (Wildman–Crippen MR) is 81.3 cm³/mol. The Morgan fingerprint density at radius 3 is 3.00 bits per heavy atom. The molecule has 2 aromatic heterocycles. The first-order valence-electron chi connectivity index (χ1n) is 7.70. The minimum atomic E-state index is -0.0350. The van der Waals surface area contributed by atoms with Gasteiger partial charge in [-0.3, -0.25) is 4.90 Å². The zero-order valence-corrected chi connectivity index (χ0v) is 13.1. The number of rotatable bonds is 4. The average molecular weight is 321 g/mol. The molecule has 2 aromatic rings. The highest BCUT2D eigenvalue weighted by Crippen LogP contribution is 2.27. The number of thiophene rings is 1. The fraction of sp³-hybridized carbons (Fsp3) is 0.600. The van der Waals surface area contributed by atoms with Crippen molar-refractivity contribution in [2.24, 2.45) is 5.92 Å². The van der Waals surface area contributed by atoms with Crippen molar-refractivity contribution in [3.63, 3.8) is 0 Å². The summed E-state index contributed by atoms with van der Waals surface area (Å²) in [7, 11) is 0. The van der Waals surface area contributed by atoms with E-state index in [-0.39, 0.29) is 6.29 Å². The monoisotopic (exact) mass is 321 g/mol. The lowest BCUT2D eigenvalue weighted by Crippen LogP contribution is -2.40. The lowest BCUT2D eigenvalue weighted by Gasteiger charge is -2.33. The molecular weight excluding hydrogens is 302 g/mol. The van der Waals surface area contributed by atoms with Gasteiger partial charge in [0, 0.05) is 12.5 Å². The fourth-order valence-corrected chi connectivity index (χ4v) is 3.76. The third kappa shape index (κ3) is 3.08. The molecule has 0 aromatic carbocycles. The van der Waals surface area contributed by atoms with Crippen LogP contribution >= 0.6 is 11.3 Å². The lowest BCUT2D eigenvalue weighted by atomic mass is 9.97. The smallest absolute Gasteiger partial charge is 0.257 e. The zero-order valence-electron chi connectivity index (χ0n) is 12.3. The van der Waals surface area contributed by atoms with Crippen molar-refractivity contribution in [2.75, 3.05) is 26.3 Å². The number of hydrogen-bond acceptors (Lipinski definition) is 7. The highest BCUT2D eigenvalue weighted by molar-refractivity contribution is 7.13. The Morgan fingerprint density at radius 2 is 2.18 bits per heavy atom. The van der Waals surface area contributed by atoms with Gasteiger partial charge in [0.15, 0.2) is 6.29 Å². The van der Waals surface area contributed by atoms with Crippen LogP contribution in [0.3, 0.4) is 0 Å². The van der Waals surface area contributed by atoms with Gasteiger partial charge in [-0.25, -0.2) is 0 Å². The summed E-state index contributed by atoms with van der Waals surface area (Å²) in [5.74, 6) is 1.73. The van der Waals surface area contributed by atoms with Crippen LogP contribution in [-0.4, -0.2) is 47.7 Å². The van der Waals surface area contributed by atoms with Crippen LogP contribution in [0.25, 0.3) is 10.8 Å². The van der Waals surface area contributed by atoms with E-state index in [2.05, 4.69) is 15.1 Å². The van der Waals surface area contributed by atoms with Crippen molar-refractivity contribution in [3.8, 4) is 10.8 Å². The molecule has 0 saturated carbocycles. The summed E-state index contributed by atoms with van der Waals surface area (Å²) in [4.78, 5) is 3.37. The van der Waals surface area contributed by atoms with Crippen LogP contribution in [0.1, 0.15) is 18.7 Å². The molecule has 2 aliphatic heterocycles. The molecule has 2 aliphatic rings. The third-order valence-corrected chi connectivity index (χ3v) is 4.99. The number of nitrogens with zero attached hydrogens (tertiary/aromatic N) is 3. The summed E-state index contributed by atoms with van der Waals surface area (Å²) in [5, 5.41) is 10.3. The topological polar surface area (TPSA) is 60.6 Å². The van der Waals surface area contributed by atoms with Gasteiger partial charge >= 0.3 is 0 Å². The van der Waals surface area contributed by atoms with E-state index < -0.39 is 0 Å². The van der Waals surface area contributed by atoms with Crippen molar-refractivity contribution < 1.29 is 13.9 Å². The second-order valence-electron chi connectivity index (χ2n) is 5.73. The van der Waals surface area contributed by atoms with Crippen molar-refractivity contribution in [1.29, 1.82) is 0 Å². The summed E-state index contributed by atoms with van der Waals surface area (Å²) in [6, 6.07) is 3.98. The van der Waals surface area contributed by atoms with Crippen LogP contribution in [0.5, 0.6) is 0 Å². The molecular formula is C15H19N3O3S. The van der Waals surface area contributed by atoms with Gasteiger partial charge in [-0.05, 0) is 30.8 Å². The molecule has 0 amide bonds. The molecule has 7 heteroatoms. The van der Waals surface area contributed by atoms with Gasteiger partial charge in [0.1, 0.15) is 0 Å². The van der Waals surface area contributed by atoms with E-state index in [9.17, 15) is 0 Å². The Balaban J connectivity index is 1.38. The summed E-state index contributed by atoms with van der Waals surface area (Å²) < 4.78 is 17.1. The molecule has 118 valence electrons. The fourth-order valence-electron chi connectivity index (χ4n) is 3.11. The maximum atomic E-state index is 5.78. The number of hydrogen-bond donors (Lipinski definition) is 0. The maximum absolute atomic E-state index is 5.78. The van der Waals surface area contributed by atoms with Crippen LogP contribution in [0.2, 0.25) is 0 Å². The van der Waals surface area contributed by atoms with E-state index in [4.69, 9.17) is 13.9 Å². The van der Waals surface area contributed by atoms with Gasteiger partial charge in [0.2, 0.25) is 5.89 Å². The van der Waals surface area contributed by atoms with Crippen LogP contribution < -0.4 is 0 Å². The maximum Gasteiger partial charge on any atom is 0.257 e. The molecule has 0 aliphatic carbocycles. The van der Waals surface area contributed by atoms with Gasteiger partial charge < -0.3 is 13.9 Å². The molecule has 1 unspecified atom stereocenters. The highest BCUT2D eigenvalue weighted by atomic mass is 32.1. The number of likely N-dealkylation sites (tertiary alicyclic amines) is 1. The molecule has 0 radical (unpaired) electrons. The number of piperidine rings is 1. The van der Waals surface area contributed by atoms with Crippen molar-refractivity contribution >= 4 is 11.3 Å². The summed E-state index contributed by atoms with van der Waals surface area (Å²) in [6.45, 7) is 4.15. The average Bonchev–Trinajstić information content (AvgIpc) is 3.29. The van der Waals surface area contributed by atoms with E-state index in [1.807, 2.05) is 17.5 Å². The van der Waals surface area contributed by atoms with E-state index in [0.29, 0.717) is 24.2 Å². The van der Waals surface area contributed by atoms with Crippen molar-refractivity contribution in [3.05, 3.63) is 23.4 Å². The van der Waals surface area contributed by atoms with Crippen molar-refractivity contribution in [2.45, 2.75) is 25.7 Å². The summed E-state index contributed by atoms with van der Waals surface area (Å²) >= 11 is 1.61. The Labute approximate surface area is 133 Å². The molecule has 0 bridgehead atoms. The van der Waals surface area contributed by atoms with E-state index >= 15 is 0 Å². The lowest BCUT2D eigenvalue weighted by molar-refractivity contribution is -0.101. The molecule has 2 fully saturated rings. The van der Waals surface area contributed by atoms with Crippen LogP contribution in [0.15, 0.2) is 21.9 Å². The largest absolute Gasteiger partial charge is 0.419 e. The SMILES string of the molecule is c1csc(-c2nnc(CN3CCCC(C4OCCO4)C3)o2)c1. The van der Waals surface area contributed by atoms with Gasteiger partial charge in [-0.15, -0.1) is 21.5 Å². The minimum absolute atomic E-state index is 0.0350. The number of ether oxygens (including phenoxy) is 2. The first-order chi connectivity index (χ1) is 10.9. The second kappa shape index (κ2) is 6.45. The normalized spacial score (nSPS) is 24.1. The standard InChI is InChI=1S/C15H19N3O3S/c1-3-11(15-19-6-7-20-15)9-18(5-1)10-13-16-17-14(21-13)12-4-2-8-22-12/h2,4,8,11,15H,1,3,5-7,9-10H2. The molecule has 4 heterocycles. The molecule has 2 saturated heterocycles. The van der Waals surface area contributed by atoms with Crippen LogP contribution in [-0.2, 0) is 16.0 Å². The first kappa shape index (κ1) is 14.3. The second-order valence-corrected chi connectivity index (χ2v) is 6.67. The van der Waals surface area contributed by atoms with E-state index in [0.717, 1.165) is 44.0 Å². The van der Waals surface area contributed by atoms with Crippen LogP contribution in [0, 0.1) is 5.92 Å². The van der Waals surface area contributed by atoms with Gasteiger partial charge in [0.25, 0.3) is 5.89 Å². The van der Waals surface area contributed by atoms with Crippen LogP contribution in [0.4, 0.5) is 0 Å². The van der Waals surface area contributed by atoms with Gasteiger partial charge in [0.05, 0.1) is 24.6 Å². The predicted octanol–water partition coefficient (Wildman–Crippen LogP) is 2.38. The summed E-state index contributed by atoms with van der Waals surface area (Å²) in [6.07, 6.45) is 2.28. The van der Waals surface area contributed by atoms with Gasteiger partial charge in [-0.1, -0.05) is 6.07 Å². The minimum Gasteiger partial charge on any atom is -0.419 e. The molecule has 6 nitrogen and oxygen atoms in total. The third-order valence-electron chi connectivity index (χ3n) is 4.13. The Kier molecular flexibility index (Phi) is 4.20. The van der Waals surface area contributed by atoms with Crippen molar-refractivity contribution in [1.82, 2.24) is 15.1 Å². The zero-order chi connectivity index (χ0) is 14.8. The summed E-state index contributed by atoms with van der Waals surface area (Å²) in [5.41, 5.74) is 0. The Hall–Kier alpha value is -1.28. The molecule has 1 atom stereocenters. The highest BCUT2D eigenvalue weighted by Gasteiger charge is 2.31. The quantitative estimate of drug-likeness (QED) is 0.862.